The number of carboxylic acid groups (broad SMARTS) is 1. The molecular formula is C15H12F2O2S. The second-order valence-electron chi connectivity index (χ2n) is 4.20. The summed E-state index contributed by atoms with van der Waals surface area (Å²) < 4.78 is 26.6. The molecule has 0 bridgehead atoms. The van der Waals surface area contributed by atoms with Gasteiger partial charge < -0.3 is 5.11 Å². The van der Waals surface area contributed by atoms with Crippen LogP contribution in [0, 0.1) is 11.6 Å². The highest BCUT2D eigenvalue weighted by Crippen LogP contribution is 2.27. The number of benzene rings is 2. The molecule has 2 aromatic carbocycles. The smallest absolute Gasteiger partial charge is 0.307 e. The summed E-state index contributed by atoms with van der Waals surface area (Å²) in [6, 6.07) is 10.4. The topological polar surface area (TPSA) is 37.3 Å². The number of thioether (sulfide) groups is 1. The molecule has 0 aliphatic heterocycles. The molecule has 0 atom stereocenters. The molecule has 0 saturated heterocycles. The van der Waals surface area contributed by atoms with Crippen LogP contribution in [-0.2, 0) is 17.0 Å². The lowest BCUT2D eigenvalue weighted by Crippen LogP contribution is -2.03. The van der Waals surface area contributed by atoms with Gasteiger partial charge in [-0.2, -0.15) is 0 Å². The highest BCUT2D eigenvalue weighted by Gasteiger charge is 2.09. The van der Waals surface area contributed by atoms with Gasteiger partial charge in [-0.15, -0.1) is 11.8 Å². The van der Waals surface area contributed by atoms with Crippen LogP contribution in [-0.4, -0.2) is 11.1 Å². The molecule has 0 fully saturated rings. The molecule has 0 amide bonds. The zero-order valence-electron chi connectivity index (χ0n) is 10.5. The number of rotatable bonds is 5. The Kier molecular flexibility index (Phi) is 4.74. The predicted octanol–water partition coefficient (Wildman–Crippen LogP) is 3.88. The maximum absolute atomic E-state index is 13.5. The Morgan fingerprint density at radius 3 is 2.50 bits per heavy atom. The maximum atomic E-state index is 13.5. The molecule has 20 heavy (non-hydrogen) atoms. The van der Waals surface area contributed by atoms with Crippen molar-refractivity contribution in [1.82, 2.24) is 0 Å². The number of carboxylic acids is 1. The fraction of sp³-hybridized carbons (Fsp3) is 0.133. The first-order valence-corrected chi connectivity index (χ1v) is 6.91. The van der Waals surface area contributed by atoms with Crippen LogP contribution in [0.25, 0.3) is 0 Å². The van der Waals surface area contributed by atoms with E-state index in [1.165, 1.54) is 0 Å². The van der Waals surface area contributed by atoms with Crippen molar-refractivity contribution in [2.24, 2.45) is 0 Å². The Morgan fingerprint density at radius 2 is 1.80 bits per heavy atom. The zero-order valence-corrected chi connectivity index (χ0v) is 11.3. The maximum Gasteiger partial charge on any atom is 0.307 e. The minimum atomic E-state index is -0.917. The minimum absolute atomic E-state index is 0.0810. The molecule has 0 aliphatic carbocycles. The van der Waals surface area contributed by atoms with Crippen molar-refractivity contribution in [1.29, 1.82) is 0 Å². The third-order valence-electron chi connectivity index (χ3n) is 2.74. The lowest BCUT2D eigenvalue weighted by Gasteiger charge is -2.08. The van der Waals surface area contributed by atoms with E-state index in [4.69, 9.17) is 5.11 Å². The second kappa shape index (κ2) is 6.52. The van der Waals surface area contributed by atoms with Crippen LogP contribution in [0.4, 0.5) is 8.78 Å². The Hall–Kier alpha value is -1.88. The first-order valence-electron chi connectivity index (χ1n) is 5.92. The molecule has 0 unspecified atom stereocenters. The molecule has 104 valence electrons. The van der Waals surface area contributed by atoms with Crippen molar-refractivity contribution in [2.45, 2.75) is 17.1 Å². The van der Waals surface area contributed by atoms with Gasteiger partial charge in [-0.3, -0.25) is 4.79 Å². The minimum Gasteiger partial charge on any atom is -0.481 e. The Labute approximate surface area is 119 Å². The van der Waals surface area contributed by atoms with Crippen molar-refractivity contribution in [3.8, 4) is 0 Å². The van der Waals surface area contributed by atoms with Crippen molar-refractivity contribution < 1.29 is 18.7 Å². The number of halogens is 2. The molecule has 2 rings (SSSR count). The van der Waals surface area contributed by atoms with Gasteiger partial charge in [0, 0.05) is 10.6 Å². The van der Waals surface area contributed by atoms with E-state index in [2.05, 4.69) is 0 Å². The van der Waals surface area contributed by atoms with Gasteiger partial charge in [-0.05, 0) is 29.3 Å². The first-order chi connectivity index (χ1) is 9.56. The molecular weight excluding hydrogens is 282 g/mol. The van der Waals surface area contributed by atoms with Crippen molar-refractivity contribution >= 4 is 17.7 Å². The average Bonchev–Trinajstić information content (AvgIpc) is 2.41. The molecule has 1 N–H and O–H groups in total. The number of hydrogen-bond acceptors (Lipinski definition) is 2. The summed E-state index contributed by atoms with van der Waals surface area (Å²) in [6.07, 6.45) is -0.0810. The SMILES string of the molecule is O=C(O)Cc1ccccc1CSc1cc(F)ccc1F. The molecule has 0 spiro atoms. The van der Waals surface area contributed by atoms with Crippen LogP contribution >= 0.6 is 11.8 Å². The van der Waals surface area contributed by atoms with Crippen LogP contribution in [0.5, 0.6) is 0 Å². The van der Waals surface area contributed by atoms with Crippen molar-refractivity contribution in [2.75, 3.05) is 0 Å². The van der Waals surface area contributed by atoms with Crippen LogP contribution in [0.2, 0.25) is 0 Å². The van der Waals surface area contributed by atoms with E-state index in [9.17, 15) is 13.6 Å². The normalized spacial score (nSPS) is 10.5. The predicted molar refractivity (Wildman–Crippen MR) is 73.7 cm³/mol. The third-order valence-corrected chi connectivity index (χ3v) is 3.82. The van der Waals surface area contributed by atoms with Gasteiger partial charge in [0.25, 0.3) is 0 Å². The average molecular weight is 294 g/mol. The summed E-state index contributed by atoms with van der Waals surface area (Å²) in [6.45, 7) is 0. The number of carbonyl (C=O) groups is 1. The third kappa shape index (κ3) is 3.81. The van der Waals surface area contributed by atoms with E-state index >= 15 is 0 Å². The van der Waals surface area contributed by atoms with Crippen LogP contribution in [0.15, 0.2) is 47.4 Å². The van der Waals surface area contributed by atoms with E-state index in [1.54, 1.807) is 24.3 Å². The largest absolute Gasteiger partial charge is 0.481 e. The molecule has 5 heteroatoms. The van der Waals surface area contributed by atoms with Gasteiger partial charge in [0.1, 0.15) is 11.6 Å². The first kappa shape index (κ1) is 14.5. The summed E-state index contributed by atoms with van der Waals surface area (Å²) in [5, 5.41) is 8.84. The van der Waals surface area contributed by atoms with Gasteiger partial charge >= 0.3 is 5.97 Å². The number of aliphatic carboxylic acids is 1. The van der Waals surface area contributed by atoms with Gasteiger partial charge in [-0.1, -0.05) is 24.3 Å². The summed E-state index contributed by atoms with van der Waals surface area (Å²) >= 11 is 1.15. The van der Waals surface area contributed by atoms with E-state index in [0.717, 1.165) is 35.5 Å². The lowest BCUT2D eigenvalue weighted by atomic mass is 10.1. The van der Waals surface area contributed by atoms with Gasteiger partial charge in [0.05, 0.1) is 6.42 Å². The van der Waals surface area contributed by atoms with Crippen molar-refractivity contribution in [3.63, 3.8) is 0 Å². The van der Waals surface area contributed by atoms with Crippen molar-refractivity contribution in [3.05, 3.63) is 65.2 Å². The van der Waals surface area contributed by atoms with Crippen LogP contribution < -0.4 is 0 Å². The van der Waals surface area contributed by atoms with Gasteiger partial charge in [-0.25, -0.2) is 8.78 Å². The molecule has 2 aromatic rings. The van der Waals surface area contributed by atoms with E-state index in [1.807, 2.05) is 0 Å². The highest BCUT2D eigenvalue weighted by molar-refractivity contribution is 7.98. The Bertz CT molecular complexity index is 629. The zero-order chi connectivity index (χ0) is 14.5. The van der Waals surface area contributed by atoms with Gasteiger partial charge in [0.15, 0.2) is 0 Å². The molecule has 0 saturated carbocycles. The molecule has 2 nitrogen and oxygen atoms in total. The summed E-state index contributed by atoms with van der Waals surface area (Å²) in [7, 11) is 0. The fourth-order valence-corrected chi connectivity index (χ4v) is 2.77. The molecule has 0 aliphatic rings. The van der Waals surface area contributed by atoms with E-state index in [-0.39, 0.29) is 11.3 Å². The Balaban J connectivity index is 2.14. The molecule has 0 aromatic heterocycles. The quantitative estimate of drug-likeness (QED) is 0.850. The van der Waals surface area contributed by atoms with Crippen LogP contribution in [0.1, 0.15) is 11.1 Å². The standard InChI is InChI=1S/C15H12F2O2S/c16-12-5-6-13(17)14(8-12)20-9-11-4-2-1-3-10(11)7-15(18)19/h1-6,8H,7,9H2,(H,18,19). The Morgan fingerprint density at radius 1 is 1.10 bits per heavy atom. The molecule has 0 radical (unpaired) electrons. The second-order valence-corrected chi connectivity index (χ2v) is 5.22. The van der Waals surface area contributed by atoms with Crippen LogP contribution in [0.3, 0.4) is 0 Å². The van der Waals surface area contributed by atoms with Gasteiger partial charge in [0.2, 0.25) is 0 Å². The summed E-state index contributed by atoms with van der Waals surface area (Å²) in [5.41, 5.74) is 1.49. The summed E-state index contributed by atoms with van der Waals surface area (Å²) in [5.74, 6) is -1.50. The summed E-state index contributed by atoms with van der Waals surface area (Å²) in [4.78, 5) is 11.0. The fourth-order valence-electron chi connectivity index (χ4n) is 1.78. The monoisotopic (exact) mass is 294 g/mol. The van der Waals surface area contributed by atoms with E-state index < -0.39 is 17.6 Å². The van der Waals surface area contributed by atoms with E-state index in [0.29, 0.717) is 11.3 Å². The molecule has 0 heterocycles. The number of hydrogen-bond donors (Lipinski definition) is 1. The lowest BCUT2D eigenvalue weighted by molar-refractivity contribution is -0.136. The highest BCUT2D eigenvalue weighted by atomic mass is 32.2.